The van der Waals surface area contributed by atoms with E-state index in [4.69, 9.17) is 4.74 Å². The summed E-state index contributed by atoms with van der Waals surface area (Å²) in [5.74, 6) is -0.186. The smallest absolute Gasteiger partial charge is 0.312 e. The van der Waals surface area contributed by atoms with E-state index in [1.165, 1.54) is 21.5 Å². The predicted molar refractivity (Wildman–Crippen MR) is 99.7 cm³/mol. The lowest BCUT2D eigenvalue weighted by Gasteiger charge is -2.08. The number of hydrogen-bond acceptors (Lipinski definition) is 5. The van der Waals surface area contributed by atoms with Gasteiger partial charge in [0.15, 0.2) is 4.80 Å². The Bertz CT molecular complexity index is 862. The van der Waals surface area contributed by atoms with Crippen LogP contribution in [0.2, 0.25) is 0 Å². The summed E-state index contributed by atoms with van der Waals surface area (Å²) in [6.07, 6.45) is 1.22. The number of nitrogens with zero attached hydrogens (tertiary/aromatic N) is 2. The van der Waals surface area contributed by atoms with Gasteiger partial charge >= 0.3 is 5.97 Å². The first-order chi connectivity index (χ1) is 11.9. The van der Waals surface area contributed by atoms with Crippen LogP contribution in [0.15, 0.2) is 23.2 Å². The minimum atomic E-state index is -0.358. The van der Waals surface area contributed by atoms with Crippen LogP contribution in [0.5, 0.6) is 5.88 Å². The monoisotopic (exact) mass is 360 g/mol. The number of rotatable bonds is 5. The highest BCUT2D eigenvalue weighted by molar-refractivity contribution is 7.09. The predicted octanol–water partition coefficient (Wildman–Crippen LogP) is 4.33. The van der Waals surface area contributed by atoms with E-state index in [9.17, 15) is 9.59 Å². The summed E-state index contributed by atoms with van der Waals surface area (Å²) < 4.78 is 6.89. The van der Waals surface area contributed by atoms with Gasteiger partial charge in [-0.1, -0.05) is 38.2 Å². The zero-order chi connectivity index (χ0) is 18.6. The lowest BCUT2D eigenvalue weighted by molar-refractivity contribution is -0.134. The molecule has 0 amide bonds. The molecule has 1 aromatic heterocycles. The molecule has 0 fully saturated rings. The summed E-state index contributed by atoms with van der Waals surface area (Å²) in [5.41, 5.74) is 3.10. The molecule has 0 saturated heterocycles. The van der Waals surface area contributed by atoms with Gasteiger partial charge in [-0.15, -0.1) is 0 Å². The molecule has 2 rings (SSSR count). The third-order valence-electron chi connectivity index (χ3n) is 3.93. The van der Waals surface area contributed by atoms with Crippen LogP contribution in [0, 0.1) is 13.8 Å². The quantitative estimate of drug-likeness (QED) is 0.746. The van der Waals surface area contributed by atoms with E-state index in [0.717, 1.165) is 16.1 Å². The van der Waals surface area contributed by atoms with Crippen molar-refractivity contribution < 1.29 is 14.3 Å². The van der Waals surface area contributed by atoms with Crippen molar-refractivity contribution in [1.82, 2.24) is 4.57 Å². The lowest BCUT2D eigenvalue weighted by atomic mass is 10.1. The molecular weight excluding hydrogens is 336 g/mol. The van der Waals surface area contributed by atoms with Gasteiger partial charge in [-0.2, -0.15) is 0 Å². The van der Waals surface area contributed by atoms with Crippen molar-refractivity contribution in [2.24, 2.45) is 4.99 Å². The summed E-state index contributed by atoms with van der Waals surface area (Å²) in [4.78, 5) is 30.3. The van der Waals surface area contributed by atoms with Crippen molar-refractivity contribution in [2.75, 3.05) is 0 Å². The second kappa shape index (κ2) is 8.25. The Morgan fingerprint density at radius 1 is 1.12 bits per heavy atom. The summed E-state index contributed by atoms with van der Waals surface area (Å²) in [6.45, 7) is 9.55. The normalized spacial score (nSPS) is 11.6. The molecule has 1 heterocycles. The van der Waals surface area contributed by atoms with Crippen LogP contribution in [0.1, 0.15) is 54.4 Å². The molecule has 25 heavy (non-hydrogen) atoms. The van der Waals surface area contributed by atoms with Gasteiger partial charge in [0, 0.05) is 12.8 Å². The molecule has 0 atom stereocenters. The number of thiazole rings is 1. The van der Waals surface area contributed by atoms with Crippen molar-refractivity contribution in [3.05, 3.63) is 39.0 Å². The summed E-state index contributed by atoms with van der Waals surface area (Å²) >= 11 is 1.39. The fourth-order valence-electron chi connectivity index (χ4n) is 2.27. The van der Waals surface area contributed by atoms with Gasteiger partial charge in [0.2, 0.25) is 11.8 Å². The Morgan fingerprint density at radius 2 is 1.84 bits per heavy atom. The molecular formula is C19H24N2O3S. The van der Waals surface area contributed by atoms with Gasteiger partial charge < -0.3 is 4.74 Å². The lowest BCUT2D eigenvalue weighted by Crippen LogP contribution is -2.24. The Balaban J connectivity index is 2.67. The molecule has 1 aromatic carbocycles. The first-order valence-electron chi connectivity index (χ1n) is 8.51. The molecule has 5 nitrogen and oxygen atoms in total. The first kappa shape index (κ1) is 19.1. The Morgan fingerprint density at radius 3 is 2.40 bits per heavy atom. The highest BCUT2D eigenvalue weighted by Gasteiger charge is 2.20. The van der Waals surface area contributed by atoms with E-state index in [2.05, 4.69) is 4.99 Å². The second-order valence-corrected chi connectivity index (χ2v) is 6.82. The fraction of sp³-hybridized carbons (Fsp3) is 0.421. The number of carbonyl (C=O) groups excluding carboxylic acids is 2. The van der Waals surface area contributed by atoms with Crippen molar-refractivity contribution in [3.63, 3.8) is 0 Å². The van der Waals surface area contributed by atoms with Gasteiger partial charge in [-0.05, 0) is 43.5 Å². The number of esters is 1. The number of ether oxygens (including phenoxy) is 1. The molecule has 0 aliphatic carbocycles. The third kappa shape index (κ3) is 4.25. The largest absolute Gasteiger partial charge is 0.408 e. The number of benzene rings is 1. The minimum Gasteiger partial charge on any atom is -0.408 e. The van der Waals surface area contributed by atoms with Crippen molar-refractivity contribution in [3.8, 4) is 5.88 Å². The molecule has 0 bridgehead atoms. The average Bonchev–Trinajstić information content (AvgIpc) is 2.94. The highest BCUT2D eigenvalue weighted by Crippen LogP contribution is 2.25. The zero-order valence-corrected chi connectivity index (χ0v) is 16.2. The van der Waals surface area contributed by atoms with Crippen LogP contribution in [0.3, 0.4) is 0 Å². The number of carbonyl (C=O) groups is 2. The molecule has 2 aromatic rings. The molecule has 0 spiro atoms. The van der Waals surface area contributed by atoms with Gasteiger partial charge in [-0.3, -0.25) is 9.59 Å². The average molecular weight is 360 g/mol. The Kier molecular flexibility index (Phi) is 6.31. The van der Waals surface area contributed by atoms with Gasteiger partial charge in [0.1, 0.15) is 0 Å². The molecule has 6 heteroatoms. The van der Waals surface area contributed by atoms with Crippen molar-refractivity contribution >= 4 is 28.9 Å². The summed E-state index contributed by atoms with van der Waals surface area (Å²) in [6, 6.07) is 5.91. The minimum absolute atomic E-state index is 0.141. The van der Waals surface area contributed by atoms with Crippen LogP contribution in [-0.4, -0.2) is 16.4 Å². The van der Waals surface area contributed by atoms with Crippen LogP contribution < -0.4 is 9.54 Å². The van der Waals surface area contributed by atoms with E-state index in [1.54, 1.807) is 13.8 Å². The summed E-state index contributed by atoms with van der Waals surface area (Å²) in [7, 11) is 0. The molecule has 0 aliphatic rings. The van der Waals surface area contributed by atoms with Crippen molar-refractivity contribution in [2.45, 2.75) is 53.9 Å². The van der Waals surface area contributed by atoms with Gasteiger partial charge in [0.25, 0.3) is 0 Å². The van der Waals surface area contributed by atoms with Crippen molar-refractivity contribution in [1.29, 1.82) is 0 Å². The first-order valence-corrected chi connectivity index (χ1v) is 9.33. The molecule has 0 N–H and O–H groups in total. The zero-order valence-electron chi connectivity index (χ0n) is 15.4. The van der Waals surface area contributed by atoms with E-state index >= 15 is 0 Å². The molecule has 0 aliphatic heterocycles. The molecule has 134 valence electrons. The van der Waals surface area contributed by atoms with Crippen LogP contribution >= 0.6 is 11.3 Å². The van der Waals surface area contributed by atoms with Crippen LogP contribution in [0.25, 0.3) is 0 Å². The Hall–Kier alpha value is -2.21. The maximum atomic E-state index is 12.5. The van der Waals surface area contributed by atoms with E-state index < -0.39 is 0 Å². The van der Waals surface area contributed by atoms with E-state index in [-0.39, 0.29) is 18.3 Å². The highest BCUT2D eigenvalue weighted by atomic mass is 32.1. The number of aryl methyl sites for hydroxylation is 3. The fourth-order valence-corrected chi connectivity index (χ4v) is 3.29. The maximum Gasteiger partial charge on any atom is 0.312 e. The van der Waals surface area contributed by atoms with E-state index in [1.807, 2.05) is 39.0 Å². The van der Waals surface area contributed by atoms with Gasteiger partial charge in [-0.25, -0.2) is 9.56 Å². The molecule has 0 radical (unpaired) electrons. The summed E-state index contributed by atoms with van der Waals surface area (Å²) in [5, 5.41) is 0. The molecule has 0 unspecified atom stereocenters. The van der Waals surface area contributed by atoms with Crippen LogP contribution in [0.4, 0.5) is 5.69 Å². The van der Waals surface area contributed by atoms with Gasteiger partial charge in [0.05, 0.1) is 10.6 Å². The molecule has 0 saturated carbocycles. The van der Waals surface area contributed by atoms with Crippen LogP contribution in [-0.2, 0) is 11.2 Å². The standard InChI is InChI=1S/C19H24N2O3S/c1-6-15-18(24-17(23)8-3)21(16(22)7-2)19(25-15)20-14-10-9-12(4)13(5)11-14/h9-11H,6-8H2,1-5H3. The topological polar surface area (TPSA) is 60.7 Å². The SMILES string of the molecule is CCC(=O)Oc1c(CC)sc(=Nc2ccc(C)c(C)c2)n1C(=O)CC. The third-order valence-corrected chi connectivity index (χ3v) is 5.10. The number of aromatic nitrogens is 1. The maximum absolute atomic E-state index is 12.5. The van der Waals surface area contributed by atoms with E-state index in [0.29, 0.717) is 23.5 Å². The Labute approximate surface area is 152 Å². The second-order valence-electron chi connectivity index (χ2n) is 5.76. The number of hydrogen-bond donors (Lipinski definition) is 0.